The monoisotopic (exact) mass is 258 g/mol. The summed E-state index contributed by atoms with van der Waals surface area (Å²) < 4.78 is 11.8. The molecule has 0 aliphatic carbocycles. The Bertz CT molecular complexity index is 412. The van der Waals surface area contributed by atoms with E-state index in [0.717, 1.165) is 4.90 Å². The van der Waals surface area contributed by atoms with Crippen LogP contribution in [-0.4, -0.2) is 56.1 Å². The third kappa shape index (κ3) is 1.60. The second-order valence-corrected chi connectivity index (χ2v) is 5.36. The van der Waals surface area contributed by atoms with Gasteiger partial charge in [-0.05, 0) is 11.2 Å². The summed E-state index contributed by atoms with van der Waals surface area (Å²) in [6, 6.07) is -2.03. The minimum Gasteiger partial charge on any atom is -0.614 e. The Morgan fingerprint density at radius 2 is 2.35 bits per heavy atom. The van der Waals surface area contributed by atoms with Crippen molar-refractivity contribution in [2.45, 2.75) is 17.5 Å². The number of carbonyl (C=O) groups is 3. The van der Waals surface area contributed by atoms with Gasteiger partial charge in [-0.1, -0.05) is 6.58 Å². The quantitative estimate of drug-likeness (QED) is 0.264. The molecule has 0 radical (unpaired) electrons. The van der Waals surface area contributed by atoms with Crippen LogP contribution in [-0.2, 0) is 25.6 Å². The van der Waals surface area contributed by atoms with Crippen molar-refractivity contribution in [1.82, 2.24) is 10.2 Å². The van der Waals surface area contributed by atoms with E-state index in [2.05, 4.69) is 11.9 Å². The van der Waals surface area contributed by atoms with Gasteiger partial charge in [-0.3, -0.25) is 14.5 Å². The number of nitrogens with one attached hydrogen (secondary N) is 1. The van der Waals surface area contributed by atoms with Crippen LogP contribution >= 0.6 is 0 Å². The Balaban J connectivity index is 2.27. The highest BCUT2D eigenvalue weighted by Crippen LogP contribution is 2.35. The molecule has 0 bridgehead atoms. The van der Waals surface area contributed by atoms with E-state index in [1.807, 2.05) is 0 Å². The van der Waals surface area contributed by atoms with Crippen LogP contribution in [0.25, 0.3) is 0 Å². The van der Waals surface area contributed by atoms with Crippen LogP contribution in [0.2, 0.25) is 0 Å². The molecule has 0 aromatic rings. The van der Waals surface area contributed by atoms with Crippen LogP contribution in [0.5, 0.6) is 0 Å². The van der Waals surface area contributed by atoms with Gasteiger partial charge in [-0.25, -0.2) is 4.79 Å². The molecule has 2 N–H and O–H groups in total. The topological polar surface area (TPSA) is 110 Å². The second kappa shape index (κ2) is 4.04. The molecular weight excluding hydrogens is 248 g/mol. The minimum atomic E-state index is -1.43. The molecule has 0 aromatic carbocycles. The molecule has 2 aliphatic heterocycles. The largest absolute Gasteiger partial charge is 0.614 e. The van der Waals surface area contributed by atoms with Gasteiger partial charge < -0.3 is 15.0 Å². The number of carbonyl (C=O) groups excluding carboxylic acids is 2. The molecule has 2 saturated heterocycles. The van der Waals surface area contributed by atoms with Crippen molar-refractivity contribution < 1.29 is 24.0 Å². The van der Waals surface area contributed by atoms with Crippen molar-refractivity contribution in [3.8, 4) is 0 Å². The Morgan fingerprint density at radius 3 is 2.88 bits per heavy atom. The van der Waals surface area contributed by atoms with Crippen LogP contribution in [0.15, 0.2) is 12.2 Å². The zero-order chi connectivity index (χ0) is 12.7. The standard InChI is InChI=1S/C9H10N2O5S/c1-4-2-17(16)8-5(10-3-12)7(13)11(8)6(4)9(14)15/h3,5-6,8H,1-2H2,(H,10,12)(H,14,15)/t5?,6-,8-,17?/m1/s1. The van der Waals surface area contributed by atoms with E-state index >= 15 is 0 Å². The molecule has 4 atom stereocenters. The lowest BCUT2D eigenvalue weighted by Crippen LogP contribution is -2.78. The highest BCUT2D eigenvalue weighted by molar-refractivity contribution is 7.92. The highest BCUT2D eigenvalue weighted by Gasteiger charge is 2.62. The minimum absolute atomic E-state index is 0.0302. The number of fused-ring (bicyclic) bond motifs is 1. The number of nitrogens with zero attached hydrogens (tertiary/aromatic N) is 1. The lowest BCUT2D eigenvalue weighted by molar-refractivity contribution is -0.160. The highest BCUT2D eigenvalue weighted by atomic mass is 32.2. The van der Waals surface area contributed by atoms with Crippen molar-refractivity contribution in [1.29, 1.82) is 0 Å². The first-order chi connectivity index (χ1) is 7.99. The van der Waals surface area contributed by atoms with E-state index < -0.39 is 40.5 Å². The van der Waals surface area contributed by atoms with Crippen molar-refractivity contribution in [2.24, 2.45) is 0 Å². The fourth-order valence-electron chi connectivity index (χ4n) is 2.10. The van der Waals surface area contributed by atoms with Gasteiger partial charge in [-0.15, -0.1) is 0 Å². The number of aliphatic carboxylic acids is 1. The van der Waals surface area contributed by atoms with Gasteiger partial charge in [0.05, 0.1) is 0 Å². The molecule has 0 spiro atoms. The predicted octanol–water partition coefficient (Wildman–Crippen LogP) is -1.96. The number of hydrogen-bond donors (Lipinski definition) is 2. The fourth-order valence-corrected chi connectivity index (χ4v) is 3.77. The first-order valence-corrected chi connectivity index (χ1v) is 6.16. The summed E-state index contributed by atoms with van der Waals surface area (Å²) >= 11 is -1.43. The van der Waals surface area contributed by atoms with Crippen LogP contribution in [0.4, 0.5) is 0 Å². The fraction of sp³-hybridized carbons (Fsp3) is 0.444. The number of β-lactam (4-membered cyclic amide) rings is 1. The summed E-state index contributed by atoms with van der Waals surface area (Å²) in [5.41, 5.74) is 0.241. The number of carboxylic acids is 1. The Labute approximate surface area is 99.6 Å². The van der Waals surface area contributed by atoms with E-state index in [1.165, 1.54) is 0 Å². The molecule has 2 unspecified atom stereocenters. The molecule has 17 heavy (non-hydrogen) atoms. The normalized spacial score (nSPS) is 35.9. The molecule has 8 heteroatoms. The predicted molar refractivity (Wildman–Crippen MR) is 57.2 cm³/mol. The van der Waals surface area contributed by atoms with E-state index in [4.69, 9.17) is 5.11 Å². The first-order valence-electron chi connectivity index (χ1n) is 4.78. The maximum Gasteiger partial charge on any atom is 0.331 e. The van der Waals surface area contributed by atoms with E-state index in [1.54, 1.807) is 0 Å². The van der Waals surface area contributed by atoms with Gasteiger partial charge in [0.1, 0.15) is 5.75 Å². The zero-order valence-electron chi connectivity index (χ0n) is 8.66. The summed E-state index contributed by atoms with van der Waals surface area (Å²) in [7, 11) is 0. The molecule has 2 amide bonds. The summed E-state index contributed by atoms with van der Waals surface area (Å²) in [6.07, 6.45) is 0.344. The lowest BCUT2D eigenvalue weighted by atomic mass is 9.99. The van der Waals surface area contributed by atoms with E-state index in [-0.39, 0.29) is 11.3 Å². The average Bonchev–Trinajstić information content (AvgIpc) is 2.25. The van der Waals surface area contributed by atoms with Gasteiger partial charge in [0.25, 0.3) is 5.91 Å². The molecule has 2 aliphatic rings. The van der Waals surface area contributed by atoms with Crippen molar-refractivity contribution in [2.75, 3.05) is 5.75 Å². The molecule has 2 heterocycles. The molecule has 0 saturated carbocycles. The van der Waals surface area contributed by atoms with Gasteiger partial charge in [0, 0.05) is 5.57 Å². The van der Waals surface area contributed by atoms with E-state index in [9.17, 15) is 18.9 Å². The van der Waals surface area contributed by atoms with Crippen molar-refractivity contribution in [3.05, 3.63) is 12.2 Å². The van der Waals surface area contributed by atoms with E-state index in [0.29, 0.717) is 6.41 Å². The van der Waals surface area contributed by atoms with Gasteiger partial charge >= 0.3 is 5.97 Å². The van der Waals surface area contributed by atoms with Crippen molar-refractivity contribution >= 4 is 29.5 Å². The second-order valence-electron chi connectivity index (χ2n) is 3.82. The van der Waals surface area contributed by atoms with Crippen LogP contribution in [0, 0.1) is 0 Å². The molecule has 7 nitrogen and oxygen atoms in total. The maximum atomic E-state index is 11.8. The van der Waals surface area contributed by atoms with Crippen molar-refractivity contribution in [3.63, 3.8) is 0 Å². The van der Waals surface area contributed by atoms with Crippen LogP contribution in [0.3, 0.4) is 0 Å². The molecule has 2 rings (SSSR count). The number of carboxylic acid groups (broad SMARTS) is 1. The summed E-state index contributed by atoms with van der Waals surface area (Å²) in [5.74, 6) is -1.71. The number of amides is 2. The molecule has 92 valence electrons. The van der Waals surface area contributed by atoms with Gasteiger partial charge in [0.2, 0.25) is 11.8 Å². The average molecular weight is 258 g/mol. The third-order valence-corrected chi connectivity index (χ3v) is 4.52. The summed E-state index contributed by atoms with van der Waals surface area (Å²) in [6.45, 7) is 3.53. The summed E-state index contributed by atoms with van der Waals surface area (Å²) in [4.78, 5) is 34.0. The first kappa shape index (κ1) is 11.9. The Hall–Kier alpha value is -1.54. The van der Waals surface area contributed by atoms with Crippen LogP contribution in [0.1, 0.15) is 0 Å². The Morgan fingerprint density at radius 1 is 1.71 bits per heavy atom. The van der Waals surface area contributed by atoms with Gasteiger partial charge in [-0.2, -0.15) is 0 Å². The molecular formula is C9H10N2O5S. The molecule has 2 fully saturated rings. The SMILES string of the molecule is C=C1C[S+]([O-])[C@@H]2C(NC=O)C(=O)N2[C@H]1C(=O)O. The lowest BCUT2D eigenvalue weighted by Gasteiger charge is -2.51. The summed E-state index contributed by atoms with van der Waals surface area (Å²) in [5, 5.41) is 10.5. The molecule has 0 aromatic heterocycles. The Kier molecular flexibility index (Phi) is 2.84. The zero-order valence-corrected chi connectivity index (χ0v) is 9.48. The number of rotatable bonds is 3. The third-order valence-electron chi connectivity index (χ3n) is 2.82. The maximum absolute atomic E-state index is 11.8. The van der Waals surface area contributed by atoms with Gasteiger partial charge in [0.15, 0.2) is 12.1 Å². The smallest absolute Gasteiger partial charge is 0.331 e. The van der Waals surface area contributed by atoms with Crippen LogP contribution < -0.4 is 5.32 Å². The number of hydrogen-bond acceptors (Lipinski definition) is 4.